The van der Waals surface area contributed by atoms with Crippen LogP contribution in [0.2, 0.25) is 0 Å². The number of nitro groups is 1. The van der Waals surface area contributed by atoms with Gasteiger partial charge in [0.25, 0.3) is 5.69 Å². The summed E-state index contributed by atoms with van der Waals surface area (Å²) in [7, 11) is 3.26. The number of rotatable bonds is 5. The van der Waals surface area contributed by atoms with Crippen LogP contribution < -0.4 is 9.47 Å². The highest BCUT2D eigenvalue weighted by atomic mass is 16.6. The lowest BCUT2D eigenvalue weighted by molar-refractivity contribution is -0.540. The molecule has 1 aliphatic heterocycles. The first-order valence-corrected chi connectivity index (χ1v) is 7.68. The molecule has 0 saturated heterocycles. The molecule has 1 aliphatic rings. The Bertz CT molecular complexity index is 797. The zero-order chi connectivity index (χ0) is 17.1. The molecule has 0 radical (unpaired) electrons. The average molecular weight is 327 g/mol. The molecular weight excluding hydrogens is 308 g/mol. The van der Waals surface area contributed by atoms with Gasteiger partial charge in [-0.2, -0.15) is 0 Å². The fourth-order valence-corrected chi connectivity index (χ4v) is 2.88. The van der Waals surface area contributed by atoms with Crippen molar-refractivity contribution in [3.05, 3.63) is 63.2 Å². The van der Waals surface area contributed by atoms with E-state index in [4.69, 9.17) is 9.47 Å². The zero-order valence-corrected chi connectivity index (χ0v) is 13.7. The van der Waals surface area contributed by atoms with Crippen molar-refractivity contribution < 1.29 is 19.0 Å². The Kier molecular flexibility index (Phi) is 4.46. The topological polar surface area (TPSA) is 64.6 Å². The highest BCUT2D eigenvalue weighted by Gasteiger charge is 2.19. The lowest BCUT2D eigenvalue weighted by atomic mass is 10.0. The molecule has 0 aromatic heterocycles. The van der Waals surface area contributed by atoms with E-state index >= 15 is 0 Å². The van der Waals surface area contributed by atoms with Crippen LogP contribution in [0.15, 0.2) is 36.4 Å². The highest BCUT2D eigenvalue weighted by Crippen LogP contribution is 2.31. The maximum Gasteiger partial charge on any atom is 0.269 e. The van der Waals surface area contributed by atoms with Crippen LogP contribution in [0.3, 0.4) is 0 Å². The average Bonchev–Trinajstić information content (AvgIpc) is 2.60. The first-order valence-electron chi connectivity index (χ1n) is 7.68. The standard InChI is InChI=1S/C18H19N2O4/c1-23-17-9-14-7-8-19(12-15(14)10-18(17)24-2)11-13-3-5-16(6-4-13)20(21)22/h3-6,9-10,12H,7-8,11H2,1-2H3/q+1. The summed E-state index contributed by atoms with van der Waals surface area (Å²) in [5, 5.41) is 10.7. The number of hydrogen-bond acceptors (Lipinski definition) is 4. The molecule has 6 heteroatoms. The third-order valence-corrected chi connectivity index (χ3v) is 4.17. The first kappa shape index (κ1) is 16.0. The molecule has 0 bridgehead atoms. The van der Waals surface area contributed by atoms with E-state index in [1.54, 1.807) is 38.5 Å². The van der Waals surface area contributed by atoms with Gasteiger partial charge in [-0.1, -0.05) is 0 Å². The number of methoxy groups -OCH3 is 2. The molecule has 2 aromatic rings. The van der Waals surface area contributed by atoms with E-state index in [-0.39, 0.29) is 10.6 Å². The van der Waals surface area contributed by atoms with Crippen LogP contribution in [0, 0.1) is 10.1 Å². The van der Waals surface area contributed by atoms with Crippen molar-refractivity contribution >= 4 is 11.9 Å². The first-order chi connectivity index (χ1) is 11.6. The third kappa shape index (κ3) is 3.22. The number of non-ortho nitro benzene ring substituents is 1. The number of ether oxygens (including phenoxy) is 2. The summed E-state index contributed by atoms with van der Waals surface area (Å²) in [5.74, 6) is 1.46. The van der Waals surface area contributed by atoms with Crippen LogP contribution in [0.25, 0.3) is 0 Å². The molecule has 3 rings (SSSR count). The second-order valence-corrected chi connectivity index (χ2v) is 5.68. The Hall–Kier alpha value is -2.89. The molecule has 2 aromatic carbocycles. The van der Waals surface area contributed by atoms with Crippen molar-refractivity contribution in [2.75, 3.05) is 20.8 Å². The minimum atomic E-state index is -0.382. The monoisotopic (exact) mass is 327 g/mol. The van der Waals surface area contributed by atoms with Crippen molar-refractivity contribution in [1.82, 2.24) is 0 Å². The molecule has 124 valence electrons. The molecule has 24 heavy (non-hydrogen) atoms. The smallest absolute Gasteiger partial charge is 0.269 e. The molecule has 0 atom stereocenters. The molecule has 1 heterocycles. The zero-order valence-electron chi connectivity index (χ0n) is 13.7. The summed E-state index contributed by atoms with van der Waals surface area (Å²) in [6.07, 6.45) is 3.02. The van der Waals surface area contributed by atoms with E-state index in [1.807, 2.05) is 12.1 Å². The van der Waals surface area contributed by atoms with Gasteiger partial charge in [0.05, 0.1) is 19.1 Å². The quantitative estimate of drug-likeness (QED) is 0.481. The van der Waals surface area contributed by atoms with Gasteiger partial charge in [0, 0.05) is 29.7 Å². The van der Waals surface area contributed by atoms with E-state index in [2.05, 4.69) is 10.8 Å². The third-order valence-electron chi connectivity index (χ3n) is 4.17. The van der Waals surface area contributed by atoms with Crippen LogP contribution in [0.1, 0.15) is 16.7 Å². The maximum absolute atomic E-state index is 10.7. The van der Waals surface area contributed by atoms with Crippen molar-refractivity contribution in [2.45, 2.75) is 13.0 Å². The van der Waals surface area contributed by atoms with Crippen molar-refractivity contribution in [1.29, 1.82) is 0 Å². The molecular formula is C18H19N2O4+. The van der Waals surface area contributed by atoms with Gasteiger partial charge < -0.3 is 9.47 Å². The van der Waals surface area contributed by atoms with E-state index in [0.29, 0.717) is 12.3 Å². The number of nitrogens with zero attached hydrogens (tertiary/aromatic N) is 2. The summed E-state index contributed by atoms with van der Waals surface area (Å²) in [4.78, 5) is 10.3. The van der Waals surface area contributed by atoms with Gasteiger partial charge in [0.15, 0.2) is 24.3 Å². The van der Waals surface area contributed by atoms with Crippen LogP contribution in [0.5, 0.6) is 11.5 Å². The lowest BCUT2D eigenvalue weighted by Gasteiger charge is -2.16. The number of fused-ring (bicyclic) bond motifs is 1. The second kappa shape index (κ2) is 6.70. The van der Waals surface area contributed by atoms with Crippen LogP contribution in [0.4, 0.5) is 5.69 Å². The molecule has 0 spiro atoms. The van der Waals surface area contributed by atoms with Gasteiger partial charge >= 0.3 is 0 Å². The Morgan fingerprint density at radius 1 is 1.12 bits per heavy atom. The maximum atomic E-state index is 10.7. The molecule has 0 N–H and O–H groups in total. The van der Waals surface area contributed by atoms with Gasteiger partial charge in [0.1, 0.15) is 6.54 Å². The second-order valence-electron chi connectivity index (χ2n) is 5.68. The predicted octanol–water partition coefficient (Wildman–Crippen LogP) is 2.80. The van der Waals surface area contributed by atoms with Crippen molar-refractivity contribution in [3.63, 3.8) is 0 Å². The molecule has 0 aliphatic carbocycles. The highest BCUT2D eigenvalue weighted by molar-refractivity contribution is 5.80. The van der Waals surface area contributed by atoms with E-state index in [9.17, 15) is 10.1 Å². The Morgan fingerprint density at radius 3 is 2.42 bits per heavy atom. The van der Waals surface area contributed by atoms with Gasteiger partial charge in [-0.15, -0.1) is 0 Å². The number of hydrogen-bond donors (Lipinski definition) is 0. The fraction of sp³-hybridized carbons (Fsp3) is 0.278. The Morgan fingerprint density at radius 2 is 1.79 bits per heavy atom. The van der Waals surface area contributed by atoms with E-state index in [1.165, 1.54) is 5.56 Å². The van der Waals surface area contributed by atoms with E-state index < -0.39 is 0 Å². The van der Waals surface area contributed by atoms with Gasteiger partial charge in [0.2, 0.25) is 0 Å². The van der Waals surface area contributed by atoms with Crippen molar-refractivity contribution in [3.8, 4) is 11.5 Å². The minimum Gasteiger partial charge on any atom is -0.493 e. The van der Waals surface area contributed by atoms with Crippen LogP contribution >= 0.6 is 0 Å². The molecule has 0 saturated carbocycles. The van der Waals surface area contributed by atoms with E-state index in [0.717, 1.165) is 29.8 Å². The largest absolute Gasteiger partial charge is 0.493 e. The van der Waals surface area contributed by atoms with Gasteiger partial charge in [-0.05, 0) is 29.8 Å². The normalized spacial score (nSPS) is 13.0. The number of benzene rings is 2. The summed E-state index contributed by atoms with van der Waals surface area (Å²) < 4.78 is 12.9. The molecule has 0 unspecified atom stereocenters. The predicted molar refractivity (Wildman–Crippen MR) is 90.3 cm³/mol. The van der Waals surface area contributed by atoms with Gasteiger partial charge in [-0.25, -0.2) is 4.58 Å². The number of nitro benzene ring substituents is 1. The SMILES string of the molecule is COc1cc2c(cc1OC)CC[N+](Cc1ccc([N+](=O)[O-])cc1)=C2. The molecule has 0 amide bonds. The molecule has 6 nitrogen and oxygen atoms in total. The van der Waals surface area contributed by atoms with Crippen molar-refractivity contribution in [2.24, 2.45) is 0 Å². The summed E-state index contributed by atoms with van der Waals surface area (Å²) in [5.41, 5.74) is 3.50. The lowest BCUT2D eigenvalue weighted by Crippen LogP contribution is -2.22. The summed E-state index contributed by atoms with van der Waals surface area (Å²) in [6, 6.07) is 10.7. The van der Waals surface area contributed by atoms with Crippen LogP contribution in [-0.2, 0) is 13.0 Å². The minimum absolute atomic E-state index is 0.114. The Balaban J connectivity index is 1.83. The fourth-order valence-electron chi connectivity index (χ4n) is 2.88. The van der Waals surface area contributed by atoms with Crippen LogP contribution in [-0.4, -0.2) is 36.5 Å². The van der Waals surface area contributed by atoms with Gasteiger partial charge in [-0.3, -0.25) is 10.1 Å². The summed E-state index contributed by atoms with van der Waals surface area (Å²) in [6.45, 7) is 1.60. The molecule has 0 fully saturated rings. The summed E-state index contributed by atoms with van der Waals surface area (Å²) >= 11 is 0. The Labute approximate surface area is 140 Å².